The van der Waals surface area contributed by atoms with Crippen LogP contribution < -0.4 is 0 Å². The monoisotopic (exact) mass is 1060 g/mol. The van der Waals surface area contributed by atoms with Gasteiger partial charge in [0.25, 0.3) is 0 Å². The molecule has 0 aliphatic carbocycles. The Labute approximate surface area is 418 Å². The van der Waals surface area contributed by atoms with E-state index in [4.69, 9.17) is 4.98 Å². The number of benzene rings is 8. The molecule has 0 saturated heterocycles. The van der Waals surface area contributed by atoms with Crippen molar-refractivity contribution in [3.63, 3.8) is 0 Å². The van der Waals surface area contributed by atoms with Crippen molar-refractivity contribution in [2.24, 2.45) is 0 Å². The second kappa shape index (κ2) is 21.0. The zero-order chi connectivity index (χ0) is 45.5. The minimum atomic E-state index is 0. The van der Waals surface area contributed by atoms with E-state index in [2.05, 4.69) is 204 Å². The Hall–Kier alpha value is -7.88. The molecular weight excluding hydrogens is 1010 g/mol. The summed E-state index contributed by atoms with van der Waals surface area (Å²) in [5, 5.41) is 2.27. The first-order chi connectivity index (χ1) is 33.7. The minimum Gasteiger partial charge on any atom is -0.305 e. The summed E-state index contributed by atoms with van der Waals surface area (Å²) in [5.74, 6) is 0. The van der Waals surface area contributed by atoms with E-state index >= 15 is 0 Å². The standard InChI is InChI=1S/C65H46N3.Ir/c1-2-12-50(13-3-1)51-32-34-53(35-33-51)62-45-56(65-59-16-5-4-14-52(59)38-41-68-65)36-37-61(62)60-17-7-6-15-58(60)57-43-48(22-20-46-24-28-54(29-25-46)63-18-8-10-39-66-63)42-49(44-57)23-21-47-26-30-55(31-27-47)64-19-9-11-40-67-64;/h1-19,24-28,30,32-35,37-45H,20-23H2;/q-3;+3. The Morgan fingerprint density at radius 3 is 1.49 bits per heavy atom. The Morgan fingerprint density at radius 1 is 0.319 bits per heavy atom. The van der Waals surface area contributed by atoms with E-state index in [-0.39, 0.29) is 20.1 Å². The summed E-state index contributed by atoms with van der Waals surface area (Å²) in [6.07, 6.45) is 9.15. The zero-order valence-corrected chi connectivity index (χ0v) is 40.3. The maximum absolute atomic E-state index is 4.93. The zero-order valence-electron chi connectivity index (χ0n) is 37.9. The first-order valence-corrected chi connectivity index (χ1v) is 23.3. The molecule has 0 aliphatic heterocycles. The molecule has 4 heteroatoms. The third-order valence-electron chi connectivity index (χ3n) is 12.8. The van der Waals surface area contributed by atoms with Crippen LogP contribution in [0.1, 0.15) is 22.3 Å². The average Bonchev–Trinajstić information content (AvgIpc) is 3.42. The van der Waals surface area contributed by atoms with Crippen molar-refractivity contribution in [1.29, 1.82) is 0 Å². The van der Waals surface area contributed by atoms with Crippen LogP contribution in [-0.4, -0.2) is 15.0 Å². The molecule has 0 aliphatic rings. The SMILES string of the molecule is [Ir+3].[c-]1cc(CCc2cc(CCc3c[c-]c(-c4ccccn4)cc3)cc(-c3ccccc3-c3c[c-]c(-c4nccc5ccccc45)cc3-c3ccc(-c4ccccc4)cc3)c2)ccc1-c1ccccn1. The molecule has 3 aromatic heterocycles. The maximum atomic E-state index is 4.93. The van der Waals surface area contributed by atoms with Crippen LogP contribution in [0.5, 0.6) is 0 Å². The predicted octanol–water partition coefficient (Wildman–Crippen LogP) is 15.7. The molecule has 0 saturated carbocycles. The number of hydrogen-bond acceptors (Lipinski definition) is 3. The van der Waals surface area contributed by atoms with Gasteiger partial charge in [0.2, 0.25) is 0 Å². The van der Waals surface area contributed by atoms with Gasteiger partial charge in [0.15, 0.2) is 0 Å². The number of pyridine rings is 3. The Kier molecular flexibility index (Phi) is 13.6. The van der Waals surface area contributed by atoms with Gasteiger partial charge >= 0.3 is 20.1 Å². The van der Waals surface area contributed by atoms with Gasteiger partial charge in [0.1, 0.15) is 0 Å². The summed E-state index contributed by atoms with van der Waals surface area (Å²) in [6.45, 7) is 0. The molecule has 0 N–H and O–H groups in total. The van der Waals surface area contributed by atoms with Crippen LogP contribution >= 0.6 is 0 Å². The van der Waals surface area contributed by atoms with Crippen LogP contribution in [0.4, 0.5) is 0 Å². The molecule has 330 valence electrons. The van der Waals surface area contributed by atoms with Gasteiger partial charge in [-0.2, -0.15) is 0 Å². The predicted molar refractivity (Wildman–Crippen MR) is 280 cm³/mol. The van der Waals surface area contributed by atoms with Gasteiger partial charge in [-0.15, -0.1) is 94.5 Å². The summed E-state index contributed by atoms with van der Waals surface area (Å²) in [5.41, 5.74) is 20.2. The summed E-state index contributed by atoms with van der Waals surface area (Å²) >= 11 is 0. The number of rotatable bonds is 13. The van der Waals surface area contributed by atoms with Crippen molar-refractivity contribution in [3.05, 3.63) is 271 Å². The summed E-state index contributed by atoms with van der Waals surface area (Å²) in [7, 11) is 0. The van der Waals surface area contributed by atoms with Crippen molar-refractivity contribution in [3.8, 4) is 78.3 Å². The first-order valence-electron chi connectivity index (χ1n) is 23.3. The fourth-order valence-electron chi connectivity index (χ4n) is 9.24. The fourth-order valence-corrected chi connectivity index (χ4v) is 9.24. The molecule has 0 bridgehead atoms. The van der Waals surface area contributed by atoms with Gasteiger partial charge < -0.3 is 15.0 Å². The van der Waals surface area contributed by atoms with Gasteiger partial charge in [-0.1, -0.05) is 175 Å². The number of nitrogens with zero attached hydrogens (tertiary/aromatic N) is 3. The van der Waals surface area contributed by atoms with Crippen molar-refractivity contribution < 1.29 is 20.1 Å². The minimum absolute atomic E-state index is 0. The number of fused-ring (bicyclic) bond motifs is 1. The third-order valence-corrected chi connectivity index (χ3v) is 12.8. The van der Waals surface area contributed by atoms with E-state index in [0.29, 0.717) is 0 Å². The van der Waals surface area contributed by atoms with Crippen LogP contribution in [-0.2, 0) is 45.8 Å². The molecule has 0 fully saturated rings. The molecule has 0 amide bonds. The number of hydrogen-bond donors (Lipinski definition) is 0. The summed E-state index contributed by atoms with van der Waals surface area (Å²) in [6, 6.07) is 86.2. The van der Waals surface area contributed by atoms with Crippen LogP contribution in [0.15, 0.2) is 231 Å². The van der Waals surface area contributed by atoms with Crippen LogP contribution in [0, 0.1) is 18.2 Å². The number of aryl methyl sites for hydroxylation is 4. The Balaban J connectivity index is 0.00000553. The molecule has 3 heterocycles. The molecule has 0 atom stereocenters. The molecule has 69 heavy (non-hydrogen) atoms. The molecule has 8 aromatic carbocycles. The van der Waals surface area contributed by atoms with Crippen LogP contribution in [0.25, 0.3) is 89.1 Å². The van der Waals surface area contributed by atoms with Crippen LogP contribution in [0.3, 0.4) is 0 Å². The largest absolute Gasteiger partial charge is 3.00 e. The molecular formula is C65H46IrN3. The maximum Gasteiger partial charge on any atom is 3.00 e. The van der Waals surface area contributed by atoms with E-state index in [9.17, 15) is 0 Å². The van der Waals surface area contributed by atoms with Crippen molar-refractivity contribution >= 4 is 10.8 Å². The normalized spacial score (nSPS) is 11.0. The second-order valence-electron chi connectivity index (χ2n) is 17.2. The smallest absolute Gasteiger partial charge is 0.305 e. The van der Waals surface area contributed by atoms with Crippen molar-refractivity contribution in [2.75, 3.05) is 0 Å². The van der Waals surface area contributed by atoms with Crippen LogP contribution in [0.2, 0.25) is 0 Å². The van der Waals surface area contributed by atoms with Crippen molar-refractivity contribution in [2.45, 2.75) is 25.7 Å². The molecule has 3 nitrogen and oxygen atoms in total. The molecule has 11 rings (SSSR count). The second-order valence-corrected chi connectivity index (χ2v) is 17.2. The summed E-state index contributed by atoms with van der Waals surface area (Å²) < 4.78 is 0. The third kappa shape index (κ3) is 10.2. The van der Waals surface area contributed by atoms with Gasteiger partial charge in [0, 0.05) is 18.6 Å². The molecule has 0 unspecified atom stereocenters. The fraction of sp³-hybridized carbons (Fsp3) is 0.0615. The first kappa shape index (κ1) is 44.9. The van der Waals surface area contributed by atoms with Gasteiger partial charge in [-0.05, 0) is 97.8 Å². The van der Waals surface area contributed by atoms with Gasteiger partial charge in [-0.25, -0.2) is 0 Å². The van der Waals surface area contributed by atoms with E-state index < -0.39 is 0 Å². The molecule has 0 radical (unpaired) electrons. The topological polar surface area (TPSA) is 38.7 Å². The van der Waals surface area contributed by atoms with E-state index in [1.807, 2.05) is 55.0 Å². The van der Waals surface area contributed by atoms with Crippen molar-refractivity contribution in [1.82, 2.24) is 15.0 Å². The quantitative estimate of drug-likeness (QED) is 0.108. The van der Waals surface area contributed by atoms with E-state index in [0.717, 1.165) is 92.5 Å². The Morgan fingerprint density at radius 2 is 0.870 bits per heavy atom. The Bertz CT molecular complexity index is 3350. The number of aromatic nitrogens is 3. The van der Waals surface area contributed by atoms with Gasteiger partial charge in [0.05, 0.1) is 0 Å². The van der Waals surface area contributed by atoms with Gasteiger partial charge in [-0.3, -0.25) is 0 Å². The molecule has 0 spiro atoms. The molecule has 11 aromatic rings. The van der Waals surface area contributed by atoms with E-state index in [1.54, 1.807) is 0 Å². The van der Waals surface area contributed by atoms with E-state index in [1.165, 1.54) is 44.5 Å². The summed E-state index contributed by atoms with van der Waals surface area (Å²) in [4.78, 5) is 14.0. The average molecular weight is 1060 g/mol.